The smallest absolute Gasteiger partial charge is 0.250 e. The maximum atomic E-state index is 12.3. The highest BCUT2D eigenvalue weighted by Gasteiger charge is 2.22. The monoisotopic (exact) mass is 506 g/mol. The maximum absolute atomic E-state index is 12.3. The zero-order valence-electron chi connectivity index (χ0n) is 21.0. The van der Waals surface area contributed by atoms with Crippen molar-refractivity contribution in [3.05, 3.63) is 90.3 Å². The van der Waals surface area contributed by atoms with Crippen LogP contribution in [0.25, 0.3) is 38.6 Å². The number of fused-ring (bicyclic) bond motifs is 3. The second-order valence-electron chi connectivity index (χ2n) is 9.99. The van der Waals surface area contributed by atoms with Gasteiger partial charge in [-0.1, -0.05) is 36.4 Å². The lowest BCUT2D eigenvalue weighted by Crippen LogP contribution is -2.29. The molecule has 6 rings (SSSR count). The second-order valence-corrected chi connectivity index (χ2v) is 9.99. The van der Waals surface area contributed by atoms with Crippen LogP contribution in [0.15, 0.2) is 79.0 Å². The molecule has 3 aromatic carbocycles. The van der Waals surface area contributed by atoms with Gasteiger partial charge in [-0.15, -0.1) is 0 Å². The Labute approximate surface area is 220 Å². The Morgan fingerprint density at radius 3 is 2.50 bits per heavy atom. The number of para-hydroxylation sites is 1. The normalized spacial score (nSPS) is 17.6. The van der Waals surface area contributed by atoms with Gasteiger partial charge < -0.3 is 25.8 Å². The number of nitrogens with one attached hydrogen (secondary N) is 1. The number of pyridine rings is 1. The third-order valence-corrected chi connectivity index (χ3v) is 7.58. The summed E-state index contributed by atoms with van der Waals surface area (Å²) in [6.07, 6.45) is 4.71. The van der Waals surface area contributed by atoms with Crippen LogP contribution >= 0.6 is 0 Å². The molecule has 0 aliphatic heterocycles. The van der Waals surface area contributed by atoms with Crippen LogP contribution in [0, 0.1) is 0 Å². The van der Waals surface area contributed by atoms with Crippen LogP contribution in [0.4, 0.5) is 5.69 Å². The molecule has 0 saturated heterocycles. The van der Waals surface area contributed by atoms with E-state index in [1.165, 1.54) is 0 Å². The number of anilines is 1. The Balaban J connectivity index is 1.52. The first kappa shape index (κ1) is 24.2. The molecule has 192 valence electrons. The molecule has 2 aromatic heterocycles. The quantitative estimate of drug-likeness (QED) is 0.254. The van der Waals surface area contributed by atoms with Gasteiger partial charge in [-0.25, -0.2) is 0 Å². The van der Waals surface area contributed by atoms with E-state index < -0.39 is 5.91 Å². The molecule has 1 fully saturated rings. The van der Waals surface area contributed by atoms with Gasteiger partial charge in [-0.05, 0) is 67.6 Å². The first-order valence-electron chi connectivity index (χ1n) is 13.0. The molecule has 0 spiro atoms. The van der Waals surface area contributed by atoms with Crippen molar-refractivity contribution in [2.24, 2.45) is 5.73 Å². The number of carbonyl (C=O) groups is 1. The van der Waals surface area contributed by atoms with Crippen molar-refractivity contribution in [1.29, 1.82) is 0 Å². The summed E-state index contributed by atoms with van der Waals surface area (Å²) in [5, 5.41) is 25.1. The third-order valence-electron chi connectivity index (χ3n) is 7.58. The van der Waals surface area contributed by atoms with Crippen LogP contribution in [0.5, 0.6) is 0 Å². The van der Waals surface area contributed by atoms with E-state index in [0.717, 1.165) is 64.3 Å². The number of benzene rings is 3. The zero-order valence-corrected chi connectivity index (χ0v) is 21.0. The summed E-state index contributed by atoms with van der Waals surface area (Å²) in [6.45, 7) is -0.0944. The highest BCUT2D eigenvalue weighted by Crippen LogP contribution is 2.39. The van der Waals surface area contributed by atoms with E-state index >= 15 is 0 Å². The predicted molar refractivity (Wildman–Crippen MR) is 150 cm³/mol. The van der Waals surface area contributed by atoms with Gasteiger partial charge in [0.15, 0.2) is 0 Å². The van der Waals surface area contributed by atoms with Gasteiger partial charge >= 0.3 is 0 Å². The molecule has 5 N–H and O–H groups in total. The fourth-order valence-corrected chi connectivity index (χ4v) is 5.66. The summed E-state index contributed by atoms with van der Waals surface area (Å²) < 4.78 is 2.21. The van der Waals surface area contributed by atoms with E-state index in [1.54, 1.807) is 12.3 Å². The molecule has 1 aliphatic rings. The van der Waals surface area contributed by atoms with E-state index in [0.29, 0.717) is 16.9 Å². The summed E-state index contributed by atoms with van der Waals surface area (Å²) in [7, 11) is 0. The van der Waals surface area contributed by atoms with Gasteiger partial charge in [-0.3, -0.25) is 9.78 Å². The van der Waals surface area contributed by atoms with Gasteiger partial charge in [0.1, 0.15) is 0 Å². The summed E-state index contributed by atoms with van der Waals surface area (Å²) in [5.74, 6) is -0.474. The van der Waals surface area contributed by atoms with Gasteiger partial charge in [0.2, 0.25) is 0 Å². The third kappa shape index (κ3) is 4.30. The summed E-state index contributed by atoms with van der Waals surface area (Å²) in [6, 6.07) is 24.3. The van der Waals surface area contributed by atoms with E-state index in [9.17, 15) is 15.0 Å². The fourth-order valence-electron chi connectivity index (χ4n) is 5.66. The van der Waals surface area contributed by atoms with Crippen LogP contribution in [-0.4, -0.2) is 37.8 Å². The number of carbonyl (C=O) groups excluding carboxylic acids is 1. The van der Waals surface area contributed by atoms with Crippen molar-refractivity contribution in [2.75, 3.05) is 5.32 Å². The average molecular weight is 507 g/mol. The lowest BCUT2D eigenvalue weighted by atomic mass is 9.92. The molecular formula is C31H30N4O3. The Kier molecular flexibility index (Phi) is 6.31. The molecular weight excluding hydrogens is 476 g/mol. The lowest BCUT2D eigenvalue weighted by molar-refractivity contribution is 0.100. The van der Waals surface area contributed by atoms with Crippen molar-refractivity contribution in [3.63, 3.8) is 0 Å². The van der Waals surface area contributed by atoms with Crippen molar-refractivity contribution in [1.82, 2.24) is 9.55 Å². The van der Waals surface area contributed by atoms with Crippen molar-refractivity contribution >= 4 is 33.4 Å². The molecule has 1 amide bonds. The fraction of sp³-hybridized carbons (Fsp3) is 0.226. The largest absolute Gasteiger partial charge is 0.393 e. The van der Waals surface area contributed by atoms with Crippen LogP contribution in [-0.2, 0) is 6.61 Å². The van der Waals surface area contributed by atoms with Gasteiger partial charge in [0.25, 0.3) is 5.91 Å². The minimum atomic E-state index is -0.474. The summed E-state index contributed by atoms with van der Waals surface area (Å²) in [5.41, 5.74) is 12.6. The Bertz CT molecular complexity index is 1630. The molecule has 7 heteroatoms. The molecule has 1 aliphatic carbocycles. The molecule has 0 bridgehead atoms. The number of hydrogen-bond donors (Lipinski definition) is 4. The number of aliphatic hydroxyl groups is 2. The lowest BCUT2D eigenvalue weighted by Gasteiger charge is -2.28. The predicted octanol–water partition coefficient (Wildman–Crippen LogP) is 5.15. The average Bonchev–Trinajstić information content (AvgIpc) is 3.29. The summed E-state index contributed by atoms with van der Waals surface area (Å²) >= 11 is 0. The standard InChI is InChI=1S/C31H30N4O3/c32-31(38)25-15-12-22(16-27(25)34-20-10-13-23(37)14-11-20)35-28-6-2-1-4-26(28)30-24(5-3-7-29(30)35)19-8-9-21(18-36)33-17-19/h1-9,12,15-17,20,23,34,36-37H,10-11,13-14,18H2,(H2,32,38). The minimum absolute atomic E-state index is 0.0944. The van der Waals surface area contributed by atoms with Crippen LogP contribution in [0.3, 0.4) is 0 Å². The SMILES string of the molecule is NC(=O)c1ccc(-n2c3ccccc3c3c(-c4ccc(CO)nc4)cccc32)cc1NC1CCC(O)CC1. The molecule has 0 atom stereocenters. The first-order chi connectivity index (χ1) is 18.5. The van der Waals surface area contributed by atoms with Crippen LogP contribution in [0.1, 0.15) is 41.7 Å². The molecule has 1 saturated carbocycles. The van der Waals surface area contributed by atoms with Crippen LogP contribution in [0.2, 0.25) is 0 Å². The molecule has 0 radical (unpaired) electrons. The molecule has 5 aromatic rings. The second kappa shape index (κ2) is 9.93. The summed E-state index contributed by atoms with van der Waals surface area (Å²) in [4.78, 5) is 16.7. The van der Waals surface area contributed by atoms with Crippen molar-refractivity contribution in [3.8, 4) is 16.8 Å². The topological polar surface area (TPSA) is 113 Å². The maximum Gasteiger partial charge on any atom is 0.250 e. The Morgan fingerprint density at radius 1 is 0.974 bits per heavy atom. The highest BCUT2D eigenvalue weighted by atomic mass is 16.3. The highest BCUT2D eigenvalue weighted by molar-refractivity contribution is 6.15. The van der Waals surface area contributed by atoms with Crippen LogP contribution < -0.4 is 11.1 Å². The number of aromatic nitrogens is 2. The Hall–Kier alpha value is -4.20. The van der Waals surface area contributed by atoms with Crippen molar-refractivity contribution < 1.29 is 15.0 Å². The number of primary amides is 1. The molecule has 7 nitrogen and oxygen atoms in total. The number of rotatable bonds is 6. The van der Waals surface area contributed by atoms with Gasteiger partial charge in [0.05, 0.1) is 35.0 Å². The first-order valence-corrected chi connectivity index (χ1v) is 13.0. The van der Waals surface area contributed by atoms with E-state index in [4.69, 9.17) is 5.73 Å². The number of nitrogens with zero attached hydrogens (tertiary/aromatic N) is 2. The van der Waals surface area contributed by atoms with Gasteiger partial charge in [0, 0.05) is 39.9 Å². The molecule has 38 heavy (non-hydrogen) atoms. The van der Waals surface area contributed by atoms with Gasteiger partial charge in [-0.2, -0.15) is 0 Å². The van der Waals surface area contributed by atoms with E-state index in [2.05, 4.69) is 39.1 Å². The number of aliphatic hydroxyl groups excluding tert-OH is 2. The molecule has 2 heterocycles. The molecule has 0 unspecified atom stereocenters. The van der Waals surface area contributed by atoms with E-state index in [-0.39, 0.29) is 18.8 Å². The van der Waals surface area contributed by atoms with E-state index in [1.807, 2.05) is 42.5 Å². The number of nitrogens with two attached hydrogens (primary N) is 1. The minimum Gasteiger partial charge on any atom is -0.393 e. The number of amides is 1. The number of hydrogen-bond acceptors (Lipinski definition) is 5. The Morgan fingerprint density at radius 2 is 1.76 bits per heavy atom. The van der Waals surface area contributed by atoms with Crippen molar-refractivity contribution in [2.45, 2.75) is 44.4 Å². The zero-order chi connectivity index (χ0) is 26.2.